The molecule has 0 aromatic heterocycles. The van der Waals surface area contributed by atoms with Gasteiger partial charge in [-0.25, -0.2) is 0 Å². The van der Waals surface area contributed by atoms with E-state index < -0.39 is 0 Å². The topological polar surface area (TPSA) is 35.5 Å². The van der Waals surface area contributed by atoms with Crippen LogP contribution in [0.15, 0.2) is 74.1 Å². The molecule has 0 aliphatic rings. The first-order valence-corrected chi connectivity index (χ1v) is 12.4. The first-order chi connectivity index (χ1) is 15.3. The summed E-state index contributed by atoms with van der Waals surface area (Å²) in [7, 11) is 1.63. The fourth-order valence-corrected chi connectivity index (χ4v) is 5.62. The van der Waals surface area contributed by atoms with Crippen molar-refractivity contribution in [3.05, 3.63) is 96.3 Å². The standard InChI is InChI=1S/C26H23Br3O3/c1-16(2)18-6-8-19(9-7-18)24(30)10-4-17-5-11-25(31-3)20(12-17)15-32-26-22(28)13-21(27)14-23(26)29/h4-14,16H,15H2,1-3H3/b10-4+. The second-order valence-electron chi connectivity index (χ2n) is 7.53. The van der Waals surface area contributed by atoms with E-state index >= 15 is 0 Å². The number of rotatable bonds is 8. The molecule has 166 valence electrons. The monoisotopic (exact) mass is 620 g/mol. The van der Waals surface area contributed by atoms with Gasteiger partial charge in [-0.15, -0.1) is 0 Å². The van der Waals surface area contributed by atoms with Gasteiger partial charge < -0.3 is 9.47 Å². The Balaban J connectivity index is 1.76. The summed E-state index contributed by atoms with van der Waals surface area (Å²) < 4.78 is 14.2. The first-order valence-electron chi connectivity index (χ1n) is 10.0. The first kappa shape index (κ1) is 24.7. The van der Waals surface area contributed by atoms with Gasteiger partial charge in [0.05, 0.1) is 16.1 Å². The molecule has 32 heavy (non-hydrogen) atoms. The van der Waals surface area contributed by atoms with Crippen LogP contribution in [0.1, 0.15) is 46.8 Å². The molecule has 3 aromatic rings. The number of carbonyl (C=O) groups is 1. The van der Waals surface area contributed by atoms with Crippen LogP contribution in [-0.2, 0) is 6.61 Å². The van der Waals surface area contributed by atoms with E-state index in [9.17, 15) is 4.79 Å². The minimum atomic E-state index is -0.0309. The fourth-order valence-electron chi connectivity index (χ4n) is 3.13. The predicted octanol–water partition coefficient (Wildman–Crippen LogP) is 8.58. The summed E-state index contributed by atoms with van der Waals surface area (Å²) >= 11 is 10.5. The zero-order chi connectivity index (χ0) is 23.3. The number of hydrogen-bond donors (Lipinski definition) is 0. The Bertz CT molecular complexity index is 1110. The smallest absolute Gasteiger partial charge is 0.185 e. The van der Waals surface area contributed by atoms with Crippen LogP contribution in [0.25, 0.3) is 6.08 Å². The highest BCUT2D eigenvalue weighted by atomic mass is 79.9. The van der Waals surface area contributed by atoms with E-state index in [-0.39, 0.29) is 5.78 Å². The van der Waals surface area contributed by atoms with Crippen molar-refractivity contribution in [1.82, 2.24) is 0 Å². The SMILES string of the molecule is COc1ccc(/C=C/C(=O)c2ccc(C(C)C)cc2)cc1COc1c(Br)cc(Br)cc1Br. The van der Waals surface area contributed by atoms with Crippen molar-refractivity contribution in [2.75, 3.05) is 7.11 Å². The van der Waals surface area contributed by atoms with Crippen molar-refractivity contribution >= 4 is 59.6 Å². The molecular formula is C26H23Br3O3. The van der Waals surface area contributed by atoms with Crippen LogP contribution in [0.5, 0.6) is 11.5 Å². The van der Waals surface area contributed by atoms with Crippen LogP contribution in [-0.4, -0.2) is 12.9 Å². The van der Waals surface area contributed by atoms with Crippen LogP contribution in [0.3, 0.4) is 0 Å². The largest absolute Gasteiger partial charge is 0.496 e. The fraction of sp³-hybridized carbons (Fsp3) is 0.192. The zero-order valence-corrected chi connectivity index (χ0v) is 22.8. The molecule has 0 unspecified atom stereocenters. The van der Waals surface area contributed by atoms with Gasteiger partial charge >= 0.3 is 0 Å². The van der Waals surface area contributed by atoms with Crippen LogP contribution in [0.4, 0.5) is 0 Å². The van der Waals surface area contributed by atoms with E-state index in [1.807, 2.05) is 60.7 Å². The average molecular weight is 623 g/mol. The van der Waals surface area contributed by atoms with Crippen molar-refractivity contribution < 1.29 is 14.3 Å². The predicted molar refractivity (Wildman–Crippen MR) is 141 cm³/mol. The highest BCUT2D eigenvalue weighted by Gasteiger charge is 2.11. The normalized spacial score (nSPS) is 11.2. The molecule has 0 saturated heterocycles. The van der Waals surface area contributed by atoms with Gasteiger partial charge in [-0.2, -0.15) is 0 Å². The summed E-state index contributed by atoms with van der Waals surface area (Å²) in [6.07, 6.45) is 3.41. The highest BCUT2D eigenvalue weighted by molar-refractivity contribution is 9.11. The molecule has 0 amide bonds. The lowest BCUT2D eigenvalue weighted by molar-refractivity contribution is 0.104. The Labute approximate surface area is 214 Å². The van der Waals surface area contributed by atoms with Crippen molar-refractivity contribution in [3.63, 3.8) is 0 Å². The van der Waals surface area contributed by atoms with E-state index in [0.717, 1.165) is 30.3 Å². The Morgan fingerprint density at radius 1 is 0.969 bits per heavy atom. The molecule has 0 heterocycles. The Morgan fingerprint density at radius 3 is 2.22 bits per heavy atom. The lowest BCUT2D eigenvalue weighted by Gasteiger charge is -2.14. The van der Waals surface area contributed by atoms with E-state index in [1.54, 1.807) is 13.2 Å². The Kier molecular flexibility index (Phi) is 8.74. The van der Waals surface area contributed by atoms with E-state index in [1.165, 1.54) is 5.56 Å². The number of ketones is 1. The lowest BCUT2D eigenvalue weighted by atomic mass is 10.00. The van der Waals surface area contributed by atoms with Gasteiger partial charge in [-0.05, 0) is 79.2 Å². The minimum Gasteiger partial charge on any atom is -0.496 e. The average Bonchev–Trinajstić information content (AvgIpc) is 2.76. The van der Waals surface area contributed by atoms with Crippen molar-refractivity contribution in [2.24, 2.45) is 0 Å². The molecule has 3 nitrogen and oxygen atoms in total. The van der Waals surface area contributed by atoms with Gasteiger partial charge in [0.15, 0.2) is 5.78 Å². The molecule has 3 aromatic carbocycles. The third-order valence-electron chi connectivity index (χ3n) is 4.93. The summed E-state index contributed by atoms with van der Waals surface area (Å²) in [4.78, 5) is 12.6. The van der Waals surface area contributed by atoms with E-state index in [2.05, 4.69) is 61.6 Å². The number of ether oxygens (including phenoxy) is 2. The number of hydrogen-bond acceptors (Lipinski definition) is 3. The van der Waals surface area contributed by atoms with Crippen molar-refractivity contribution in [1.29, 1.82) is 0 Å². The molecule has 0 saturated carbocycles. The number of allylic oxidation sites excluding steroid dienone is 1. The van der Waals surface area contributed by atoms with Gasteiger partial charge in [-0.3, -0.25) is 4.79 Å². The molecule has 3 rings (SSSR count). The summed E-state index contributed by atoms with van der Waals surface area (Å²) in [6.45, 7) is 4.58. The van der Waals surface area contributed by atoms with Crippen LogP contribution < -0.4 is 9.47 Å². The van der Waals surface area contributed by atoms with Crippen LogP contribution >= 0.6 is 47.8 Å². The molecule has 0 fully saturated rings. The number of methoxy groups -OCH3 is 1. The quantitative estimate of drug-likeness (QED) is 0.186. The molecule has 0 aliphatic carbocycles. The van der Waals surface area contributed by atoms with E-state index in [0.29, 0.717) is 23.8 Å². The van der Waals surface area contributed by atoms with Crippen molar-refractivity contribution in [3.8, 4) is 11.5 Å². The third kappa shape index (κ3) is 6.33. The van der Waals surface area contributed by atoms with Crippen LogP contribution in [0.2, 0.25) is 0 Å². The molecular weight excluding hydrogens is 600 g/mol. The minimum absolute atomic E-state index is 0.0309. The second kappa shape index (κ2) is 11.3. The lowest BCUT2D eigenvalue weighted by Crippen LogP contribution is -2.00. The van der Waals surface area contributed by atoms with Gasteiger partial charge in [0.25, 0.3) is 0 Å². The van der Waals surface area contributed by atoms with Gasteiger partial charge in [-0.1, -0.05) is 66.2 Å². The zero-order valence-electron chi connectivity index (χ0n) is 18.0. The Hall–Kier alpha value is -1.89. The summed E-state index contributed by atoms with van der Waals surface area (Å²) in [5, 5.41) is 0. The molecule has 6 heteroatoms. The van der Waals surface area contributed by atoms with Gasteiger partial charge in [0.1, 0.15) is 18.1 Å². The van der Waals surface area contributed by atoms with Crippen LogP contribution in [0, 0.1) is 0 Å². The maximum atomic E-state index is 12.6. The van der Waals surface area contributed by atoms with Gasteiger partial charge in [0, 0.05) is 15.6 Å². The maximum Gasteiger partial charge on any atom is 0.185 e. The molecule has 0 atom stereocenters. The van der Waals surface area contributed by atoms with E-state index in [4.69, 9.17) is 9.47 Å². The Morgan fingerprint density at radius 2 is 1.62 bits per heavy atom. The number of halogens is 3. The summed E-state index contributed by atoms with van der Waals surface area (Å²) in [5.41, 5.74) is 3.66. The van der Waals surface area contributed by atoms with Gasteiger partial charge in [0.2, 0.25) is 0 Å². The highest BCUT2D eigenvalue weighted by Crippen LogP contribution is 2.37. The third-order valence-corrected chi connectivity index (χ3v) is 6.56. The number of carbonyl (C=O) groups excluding carboxylic acids is 1. The number of benzene rings is 3. The second-order valence-corrected chi connectivity index (χ2v) is 10.2. The molecule has 0 bridgehead atoms. The summed E-state index contributed by atoms with van der Waals surface area (Å²) in [5.74, 6) is 1.84. The summed E-state index contributed by atoms with van der Waals surface area (Å²) in [6, 6.07) is 17.4. The molecule has 0 radical (unpaired) electrons. The van der Waals surface area contributed by atoms with Crippen molar-refractivity contribution in [2.45, 2.75) is 26.4 Å². The molecule has 0 aliphatic heterocycles. The molecule has 0 spiro atoms. The molecule has 0 N–H and O–H groups in total. The maximum absolute atomic E-state index is 12.6.